The number of hydrogen-bond acceptors (Lipinski definition) is 6. The molecule has 8 heteroatoms. The fraction of sp³-hybridized carbons (Fsp3) is 0.385. The van der Waals surface area contributed by atoms with Gasteiger partial charge in [0.1, 0.15) is 12.3 Å². The van der Waals surface area contributed by atoms with Gasteiger partial charge in [0, 0.05) is 32.7 Å². The van der Waals surface area contributed by atoms with Gasteiger partial charge in [-0.05, 0) is 36.2 Å². The minimum Gasteiger partial charge on any atom is -0.467 e. The topological polar surface area (TPSA) is 79.4 Å². The predicted octanol–water partition coefficient (Wildman–Crippen LogP) is 3.27. The van der Waals surface area contributed by atoms with Gasteiger partial charge < -0.3 is 23.4 Å². The standard InChI is InChI=1S/C26H31N3O5/c30-25(29(20-23-9-4-15-33-23)19-22-7-2-1-3-8-22)21-28(26(31)24-10-5-16-34-24)12-6-11-27-13-17-32-18-14-27/h1-5,7-10,15-16H,6,11-14,17-21H2. The molecule has 4 rings (SSSR count). The molecule has 0 bridgehead atoms. The fourth-order valence-corrected chi connectivity index (χ4v) is 4.01. The lowest BCUT2D eigenvalue weighted by atomic mass is 10.2. The molecular formula is C26H31N3O5. The third kappa shape index (κ3) is 6.82. The van der Waals surface area contributed by atoms with Crippen LogP contribution in [0.15, 0.2) is 76.0 Å². The molecule has 0 radical (unpaired) electrons. The second kappa shape index (κ2) is 12.2. The Labute approximate surface area is 199 Å². The second-order valence-corrected chi connectivity index (χ2v) is 8.33. The Morgan fingerprint density at radius 3 is 2.32 bits per heavy atom. The van der Waals surface area contributed by atoms with Crippen molar-refractivity contribution in [2.75, 3.05) is 45.9 Å². The van der Waals surface area contributed by atoms with E-state index in [1.807, 2.05) is 36.4 Å². The van der Waals surface area contributed by atoms with Gasteiger partial charge >= 0.3 is 0 Å². The Kier molecular flexibility index (Phi) is 8.54. The van der Waals surface area contributed by atoms with Crippen LogP contribution in [-0.4, -0.2) is 72.5 Å². The fourth-order valence-electron chi connectivity index (χ4n) is 4.01. The predicted molar refractivity (Wildman–Crippen MR) is 126 cm³/mol. The average Bonchev–Trinajstić information content (AvgIpc) is 3.59. The van der Waals surface area contributed by atoms with Gasteiger partial charge in [0.05, 0.1) is 32.3 Å². The Balaban J connectivity index is 1.44. The molecule has 2 aromatic heterocycles. The van der Waals surface area contributed by atoms with Crippen LogP contribution in [0.25, 0.3) is 0 Å². The van der Waals surface area contributed by atoms with Crippen molar-refractivity contribution < 1.29 is 23.2 Å². The molecule has 3 aromatic rings. The zero-order valence-electron chi connectivity index (χ0n) is 19.3. The maximum Gasteiger partial charge on any atom is 0.290 e. The zero-order valence-corrected chi connectivity index (χ0v) is 19.3. The summed E-state index contributed by atoms with van der Waals surface area (Å²) in [7, 11) is 0. The van der Waals surface area contributed by atoms with E-state index in [4.69, 9.17) is 13.6 Å². The van der Waals surface area contributed by atoms with E-state index >= 15 is 0 Å². The molecule has 0 unspecified atom stereocenters. The summed E-state index contributed by atoms with van der Waals surface area (Å²) in [5, 5.41) is 0. The average molecular weight is 466 g/mol. The van der Waals surface area contributed by atoms with Crippen LogP contribution in [0.1, 0.15) is 28.3 Å². The Morgan fingerprint density at radius 2 is 1.62 bits per heavy atom. The van der Waals surface area contributed by atoms with E-state index in [2.05, 4.69) is 4.90 Å². The summed E-state index contributed by atoms with van der Waals surface area (Å²) < 4.78 is 16.2. The van der Waals surface area contributed by atoms with Crippen molar-refractivity contribution in [3.05, 3.63) is 84.2 Å². The van der Waals surface area contributed by atoms with Crippen LogP contribution in [-0.2, 0) is 22.6 Å². The van der Waals surface area contributed by atoms with Crippen molar-refractivity contribution in [1.29, 1.82) is 0 Å². The van der Waals surface area contributed by atoms with Crippen molar-refractivity contribution in [1.82, 2.24) is 14.7 Å². The third-order valence-corrected chi connectivity index (χ3v) is 5.85. The maximum atomic E-state index is 13.5. The summed E-state index contributed by atoms with van der Waals surface area (Å²) in [6, 6.07) is 16.8. The van der Waals surface area contributed by atoms with E-state index in [0.29, 0.717) is 25.4 Å². The van der Waals surface area contributed by atoms with Crippen molar-refractivity contribution in [3.8, 4) is 0 Å². The lowest BCUT2D eigenvalue weighted by molar-refractivity contribution is -0.133. The number of amides is 2. The van der Waals surface area contributed by atoms with E-state index in [9.17, 15) is 9.59 Å². The van der Waals surface area contributed by atoms with Crippen LogP contribution >= 0.6 is 0 Å². The van der Waals surface area contributed by atoms with Crippen LogP contribution in [0.2, 0.25) is 0 Å². The minimum atomic E-state index is -0.280. The van der Waals surface area contributed by atoms with Crippen LogP contribution in [0, 0.1) is 0 Å². The highest BCUT2D eigenvalue weighted by Crippen LogP contribution is 2.13. The summed E-state index contributed by atoms with van der Waals surface area (Å²) in [5.41, 5.74) is 1.01. The first-order valence-electron chi connectivity index (χ1n) is 11.7. The SMILES string of the molecule is O=C(CN(CCCN1CCOCC1)C(=O)c1ccco1)N(Cc1ccccc1)Cc1ccco1. The molecule has 1 aromatic carbocycles. The lowest BCUT2D eigenvalue weighted by Gasteiger charge is -2.29. The van der Waals surface area contributed by atoms with Crippen LogP contribution in [0.3, 0.4) is 0 Å². The van der Waals surface area contributed by atoms with Gasteiger partial charge in [-0.25, -0.2) is 0 Å². The Morgan fingerprint density at radius 1 is 0.853 bits per heavy atom. The minimum absolute atomic E-state index is 0.0316. The van der Waals surface area contributed by atoms with Gasteiger partial charge in [-0.15, -0.1) is 0 Å². The van der Waals surface area contributed by atoms with Crippen LogP contribution in [0.5, 0.6) is 0 Å². The normalized spacial score (nSPS) is 14.1. The molecule has 8 nitrogen and oxygen atoms in total. The van der Waals surface area contributed by atoms with Gasteiger partial charge in [-0.3, -0.25) is 14.5 Å². The number of rotatable bonds is 11. The monoisotopic (exact) mass is 465 g/mol. The van der Waals surface area contributed by atoms with Crippen molar-refractivity contribution >= 4 is 11.8 Å². The molecule has 0 N–H and O–H groups in total. The summed E-state index contributed by atoms with van der Waals surface area (Å²) in [4.78, 5) is 32.2. The Bertz CT molecular complexity index is 999. The molecule has 1 fully saturated rings. The summed E-state index contributed by atoms with van der Waals surface area (Å²) in [6.45, 7) is 5.27. The number of carbonyl (C=O) groups is 2. The van der Waals surface area contributed by atoms with E-state index in [1.165, 1.54) is 6.26 Å². The van der Waals surface area contributed by atoms with Crippen LogP contribution < -0.4 is 0 Å². The molecular weight excluding hydrogens is 434 g/mol. The first-order chi connectivity index (χ1) is 16.7. The number of morpholine rings is 1. The van der Waals surface area contributed by atoms with E-state index in [0.717, 1.165) is 44.8 Å². The smallest absolute Gasteiger partial charge is 0.290 e. The van der Waals surface area contributed by atoms with Gasteiger partial charge in [-0.2, -0.15) is 0 Å². The van der Waals surface area contributed by atoms with E-state index < -0.39 is 0 Å². The number of furan rings is 2. The molecule has 2 amide bonds. The summed E-state index contributed by atoms with van der Waals surface area (Å²) in [6.07, 6.45) is 3.83. The van der Waals surface area contributed by atoms with Crippen LogP contribution in [0.4, 0.5) is 0 Å². The van der Waals surface area contributed by atoms with Crippen molar-refractivity contribution in [3.63, 3.8) is 0 Å². The van der Waals surface area contributed by atoms with Crippen molar-refractivity contribution in [2.24, 2.45) is 0 Å². The number of carbonyl (C=O) groups excluding carboxylic acids is 2. The molecule has 0 saturated carbocycles. The third-order valence-electron chi connectivity index (χ3n) is 5.85. The van der Waals surface area contributed by atoms with Crippen molar-refractivity contribution in [2.45, 2.75) is 19.5 Å². The lowest BCUT2D eigenvalue weighted by Crippen LogP contribution is -2.44. The highest BCUT2D eigenvalue weighted by atomic mass is 16.5. The zero-order chi connectivity index (χ0) is 23.6. The van der Waals surface area contributed by atoms with Gasteiger partial charge in [0.15, 0.2) is 5.76 Å². The van der Waals surface area contributed by atoms with Gasteiger partial charge in [0.25, 0.3) is 5.91 Å². The molecule has 0 atom stereocenters. The summed E-state index contributed by atoms with van der Waals surface area (Å²) >= 11 is 0. The molecule has 0 aliphatic carbocycles. The first-order valence-corrected chi connectivity index (χ1v) is 11.7. The van der Waals surface area contributed by atoms with Gasteiger partial charge in [-0.1, -0.05) is 30.3 Å². The molecule has 3 heterocycles. The maximum absolute atomic E-state index is 13.5. The molecule has 180 valence electrons. The summed E-state index contributed by atoms with van der Waals surface area (Å²) in [5.74, 6) is 0.504. The quantitative estimate of drug-likeness (QED) is 0.433. The molecule has 0 spiro atoms. The largest absolute Gasteiger partial charge is 0.467 e. The highest BCUT2D eigenvalue weighted by molar-refractivity contribution is 5.94. The van der Waals surface area contributed by atoms with E-state index in [-0.39, 0.29) is 24.1 Å². The number of nitrogens with zero attached hydrogens (tertiary/aromatic N) is 3. The highest BCUT2D eigenvalue weighted by Gasteiger charge is 2.25. The van der Waals surface area contributed by atoms with E-state index in [1.54, 1.807) is 34.3 Å². The molecule has 1 aliphatic rings. The Hall–Kier alpha value is -3.36. The van der Waals surface area contributed by atoms with Gasteiger partial charge in [0.2, 0.25) is 5.91 Å². The molecule has 34 heavy (non-hydrogen) atoms. The number of ether oxygens (including phenoxy) is 1. The number of benzene rings is 1. The molecule has 1 aliphatic heterocycles. The molecule has 1 saturated heterocycles. The first kappa shape index (κ1) is 23.8. The second-order valence-electron chi connectivity index (χ2n) is 8.33. The number of hydrogen-bond donors (Lipinski definition) is 0.